The number of aliphatic carboxylic acids is 1. The predicted molar refractivity (Wildman–Crippen MR) is 75.8 cm³/mol. The lowest BCUT2D eigenvalue weighted by Crippen LogP contribution is -2.37. The molecule has 2 rings (SSSR count). The molecule has 0 spiro atoms. The molecule has 1 fully saturated rings. The topological polar surface area (TPSA) is 76.1 Å². The summed E-state index contributed by atoms with van der Waals surface area (Å²) in [5, 5.41) is 8.98. The van der Waals surface area contributed by atoms with Crippen molar-refractivity contribution in [1.29, 1.82) is 0 Å². The minimum Gasteiger partial charge on any atom is -0.497 e. The first kappa shape index (κ1) is 15.2. The summed E-state index contributed by atoms with van der Waals surface area (Å²) in [4.78, 5) is 24.9. The van der Waals surface area contributed by atoms with Gasteiger partial charge in [0, 0.05) is 12.6 Å². The number of rotatable bonds is 7. The highest BCUT2D eigenvalue weighted by Gasteiger charge is 2.29. The number of carbonyl (C=O) groups excluding carboxylic acids is 1. The van der Waals surface area contributed by atoms with Crippen LogP contribution in [0, 0.1) is 5.92 Å². The maximum Gasteiger partial charge on any atom is 0.323 e. The van der Waals surface area contributed by atoms with Crippen LogP contribution in [-0.2, 0) is 4.79 Å². The number of ether oxygens (including phenoxy) is 2. The average molecular weight is 293 g/mol. The molecule has 0 aromatic heterocycles. The van der Waals surface area contributed by atoms with Gasteiger partial charge in [0.05, 0.1) is 19.8 Å². The Morgan fingerprint density at radius 2 is 2.00 bits per heavy atom. The number of carboxylic acid groups (broad SMARTS) is 1. The molecule has 0 bridgehead atoms. The maximum atomic E-state index is 12.6. The molecule has 1 amide bonds. The second-order valence-corrected chi connectivity index (χ2v) is 5.09. The van der Waals surface area contributed by atoms with E-state index in [1.807, 2.05) is 0 Å². The maximum absolute atomic E-state index is 12.6. The quantitative estimate of drug-likeness (QED) is 0.827. The van der Waals surface area contributed by atoms with Crippen LogP contribution in [0.25, 0.3) is 0 Å². The van der Waals surface area contributed by atoms with Gasteiger partial charge in [-0.2, -0.15) is 0 Å². The molecule has 0 atom stereocenters. The molecule has 0 unspecified atom stereocenters. The van der Waals surface area contributed by atoms with Gasteiger partial charge >= 0.3 is 5.97 Å². The number of carbonyl (C=O) groups is 2. The summed E-state index contributed by atoms with van der Waals surface area (Å²) < 4.78 is 10.3. The Kier molecular flexibility index (Phi) is 4.67. The number of amides is 1. The van der Waals surface area contributed by atoms with E-state index >= 15 is 0 Å². The van der Waals surface area contributed by atoms with Crippen LogP contribution in [0.15, 0.2) is 18.2 Å². The van der Waals surface area contributed by atoms with E-state index in [9.17, 15) is 9.59 Å². The van der Waals surface area contributed by atoms with E-state index in [1.165, 1.54) is 19.1 Å². The molecule has 6 heteroatoms. The minimum atomic E-state index is -1.02. The summed E-state index contributed by atoms with van der Waals surface area (Å²) in [7, 11) is 2.99. The average Bonchev–Trinajstić information content (AvgIpc) is 3.28. The summed E-state index contributed by atoms with van der Waals surface area (Å²) in [5.41, 5.74) is 0.347. The Morgan fingerprint density at radius 1 is 1.29 bits per heavy atom. The van der Waals surface area contributed by atoms with Crippen molar-refractivity contribution < 1.29 is 24.2 Å². The van der Waals surface area contributed by atoms with E-state index < -0.39 is 5.97 Å². The van der Waals surface area contributed by atoms with Crippen molar-refractivity contribution >= 4 is 11.9 Å². The molecule has 114 valence electrons. The van der Waals surface area contributed by atoms with Crippen molar-refractivity contribution in [3.05, 3.63) is 23.8 Å². The number of hydrogen-bond donors (Lipinski definition) is 1. The van der Waals surface area contributed by atoms with Gasteiger partial charge in [0.25, 0.3) is 5.91 Å². The number of methoxy groups -OCH3 is 2. The molecule has 6 nitrogen and oxygen atoms in total. The Balaban J connectivity index is 2.23. The number of benzene rings is 1. The fraction of sp³-hybridized carbons (Fsp3) is 0.467. The van der Waals surface area contributed by atoms with Gasteiger partial charge in [-0.15, -0.1) is 0 Å². The zero-order valence-electron chi connectivity index (χ0n) is 12.2. The minimum absolute atomic E-state index is 0.301. The molecule has 0 heterocycles. The standard InChI is InChI=1S/C15H19NO5/c1-20-11-5-6-12(13(7-11)21-2)15(19)16(9-14(17)18)8-10-3-4-10/h5-7,10H,3-4,8-9H2,1-2H3,(H,17,18). The fourth-order valence-electron chi connectivity index (χ4n) is 2.14. The lowest BCUT2D eigenvalue weighted by Gasteiger charge is -2.21. The summed E-state index contributed by atoms with van der Waals surface area (Å²) in [6.45, 7) is 0.171. The second-order valence-electron chi connectivity index (χ2n) is 5.09. The van der Waals surface area contributed by atoms with E-state index in [-0.39, 0.29) is 12.5 Å². The SMILES string of the molecule is COc1ccc(C(=O)N(CC(=O)O)CC2CC2)c(OC)c1. The normalized spacial score (nSPS) is 13.6. The summed E-state index contributed by atoms with van der Waals surface area (Å²) in [5.74, 6) is 0.0266. The van der Waals surface area contributed by atoms with Crippen LogP contribution in [0.1, 0.15) is 23.2 Å². The van der Waals surface area contributed by atoms with E-state index in [0.29, 0.717) is 29.5 Å². The van der Waals surface area contributed by atoms with Crippen LogP contribution in [0.5, 0.6) is 11.5 Å². The highest BCUT2D eigenvalue weighted by Crippen LogP contribution is 2.31. The first-order valence-corrected chi connectivity index (χ1v) is 6.78. The van der Waals surface area contributed by atoms with Crippen LogP contribution < -0.4 is 9.47 Å². The largest absolute Gasteiger partial charge is 0.497 e. The van der Waals surface area contributed by atoms with E-state index in [2.05, 4.69) is 0 Å². The van der Waals surface area contributed by atoms with E-state index in [4.69, 9.17) is 14.6 Å². The lowest BCUT2D eigenvalue weighted by atomic mass is 10.1. The molecular weight excluding hydrogens is 274 g/mol. The highest BCUT2D eigenvalue weighted by atomic mass is 16.5. The van der Waals surface area contributed by atoms with Gasteiger partial charge in [-0.1, -0.05) is 0 Å². The third kappa shape index (κ3) is 3.87. The van der Waals surface area contributed by atoms with Gasteiger partial charge in [0.15, 0.2) is 0 Å². The zero-order valence-corrected chi connectivity index (χ0v) is 12.2. The first-order chi connectivity index (χ1) is 10.0. The molecule has 1 N–H and O–H groups in total. The Bertz CT molecular complexity index is 539. The Labute approximate surface area is 123 Å². The molecular formula is C15H19NO5. The molecule has 1 saturated carbocycles. The monoisotopic (exact) mass is 293 g/mol. The van der Waals surface area contributed by atoms with Crippen molar-refractivity contribution in [3.8, 4) is 11.5 Å². The molecule has 0 aliphatic heterocycles. The third-order valence-corrected chi connectivity index (χ3v) is 3.43. The van der Waals surface area contributed by atoms with Gasteiger partial charge in [-0.3, -0.25) is 9.59 Å². The molecule has 21 heavy (non-hydrogen) atoms. The van der Waals surface area contributed by atoms with Crippen LogP contribution in [0.2, 0.25) is 0 Å². The summed E-state index contributed by atoms with van der Waals surface area (Å²) in [6, 6.07) is 4.87. The highest BCUT2D eigenvalue weighted by molar-refractivity contribution is 5.98. The molecule has 1 aliphatic carbocycles. The first-order valence-electron chi connectivity index (χ1n) is 6.78. The van der Waals surface area contributed by atoms with Gasteiger partial charge in [-0.05, 0) is 30.9 Å². The van der Waals surface area contributed by atoms with Gasteiger partial charge in [-0.25, -0.2) is 0 Å². The fourth-order valence-corrected chi connectivity index (χ4v) is 2.14. The van der Waals surface area contributed by atoms with Crippen molar-refractivity contribution in [3.63, 3.8) is 0 Å². The zero-order chi connectivity index (χ0) is 15.4. The van der Waals surface area contributed by atoms with Crippen LogP contribution in [0.4, 0.5) is 0 Å². The Hall–Kier alpha value is -2.24. The molecule has 0 saturated heterocycles. The molecule has 1 aliphatic rings. The van der Waals surface area contributed by atoms with Crippen LogP contribution >= 0.6 is 0 Å². The van der Waals surface area contributed by atoms with E-state index in [1.54, 1.807) is 18.2 Å². The van der Waals surface area contributed by atoms with Crippen LogP contribution in [0.3, 0.4) is 0 Å². The van der Waals surface area contributed by atoms with Gasteiger partial charge < -0.3 is 19.5 Å². The molecule has 1 aromatic carbocycles. The van der Waals surface area contributed by atoms with Crippen molar-refractivity contribution in [2.24, 2.45) is 5.92 Å². The van der Waals surface area contributed by atoms with Crippen molar-refractivity contribution in [1.82, 2.24) is 4.90 Å². The van der Waals surface area contributed by atoms with Gasteiger partial charge in [0.2, 0.25) is 0 Å². The third-order valence-electron chi connectivity index (χ3n) is 3.43. The second kappa shape index (κ2) is 6.47. The van der Waals surface area contributed by atoms with Gasteiger partial charge in [0.1, 0.15) is 18.0 Å². The number of hydrogen-bond acceptors (Lipinski definition) is 4. The number of carboxylic acids is 1. The number of nitrogens with zero attached hydrogens (tertiary/aromatic N) is 1. The lowest BCUT2D eigenvalue weighted by molar-refractivity contribution is -0.137. The molecule has 0 radical (unpaired) electrons. The van der Waals surface area contributed by atoms with Crippen LogP contribution in [-0.4, -0.2) is 49.2 Å². The van der Waals surface area contributed by atoms with Crippen molar-refractivity contribution in [2.45, 2.75) is 12.8 Å². The molecule has 1 aromatic rings. The Morgan fingerprint density at radius 3 is 2.52 bits per heavy atom. The van der Waals surface area contributed by atoms with Crippen molar-refractivity contribution in [2.75, 3.05) is 27.3 Å². The smallest absolute Gasteiger partial charge is 0.323 e. The summed E-state index contributed by atoms with van der Waals surface area (Å²) in [6.07, 6.45) is 2.09. The predicted octanol–water partition coefficient (Wildman–Crippen LogP) is 1.64. The van der Waals surface area contributed by atoms with E-state index in [0.717, 1.165) is 12.8 Å². The summed E-state index contributed by atoms with van der Waals surface area (Å²) >= 11 is 0.